The highest BCUT2D eigenvalue weighted by Gasteiger charge is 2.18. The molecule has 2 heteroatoms. The average molecular weight is 274 g/mol. The monoisotopic (exact) mass is 274 g/mol. The van der Waals surface area contributed by atoms with Gasteiger partial charge in [-0.1, -0.05) is 44.2 Å². The maximum absolute atomic E-state index is 3.58. The van der Waals surface area contributed by atoms with E-state index in [-0.39, 0.29) is 0 Å². The van der Waals surface area contributed by atoms with Crippen LogP contribution in [-0.2, 0) is 6.42 Å². The fourth-order valence-electron chi connectivity index (χ4n) is 2.97. The van der Waals surface area contributed by atoms with Crippen LogP contribution in [0.2, 0.25) is 0 Å². The summed E-state index contributed by atoms with van der Waals surface area (Å²) in [5, 5.41) is 3.58. The second kappa shape index (κ2) is 8.43. The SMILES string of the molecule is CC(C)NCC1CCN(CCCc2ccccc2)CC1. The summed E-state index contributed by atoms with van der Waals surface area (Å²) in [5.74, 6) is 0.891. The zero-order chi connectivity index (χ0) is 14.2. The first kappa shape index (κ1) is 15.5. The van der Waals surface area contributed by atoms with Gasteiger partial charge in [-0.25, -0.2) is 0 Å². The van der Waals surface area contributed by atoms with Crippen LogP contribution in [-0.4, -0.2) is 37.1 Å². The van der Waals surface area contributed by atoms with E-state index in [1.165, 1.54) is 57.4 Å². The second-order valence-electron chi connectivity index (χ2n) is 6.44. The summed E-state index contributed by atoms with van der Waals surface area (Å²) in [7, 11) is 0. The number of aryl methyl sites for hydroxylation is 1. The molecule has 0 bridgehead atoms. The molecule has 0 unspecified atom stereocenters. The molecule has 1 aromatic rings. The number of hydrogen-bond acceptors (Lipinski definition) is 2. The summed E-state index contributed by atoms with van der Waals surface area (Å²) < 4.78 is 0. The van der Waals surface area contributed by atoms with Crippen LogP contribution in [0.3, 0.4) is 0 Å². The molecule has 0 saturated carbocycles. The van der Waals surface area contributed by atoms with Gasteiger partial charge in [0.1, 0.15) is 0 Å². The molecule has 1 saturated heterocycles. The summed E-state index contributed by atoms with van der Waals surface area (Å²) in [6.07, 6.45) is 5.24. The van der Waals surface area contributed by atoms with Crippen molar-refractivity contribution in [2.24, 2.45) is 5.92 Å². The van der Waals surface area contributed by atoms with Crippen LogP contribution >= 0.6 is 0 Å². The lowest BCUT2D eigenvalue weighted by Crippen LogP contribution is -2.39. The van der Waals surface area contributed by atoms with E-state index in [0.717, 1.165) is 5.92 Å². The number of rotatable bonds is 7. The van der Waals surface area contributed by atoms with Crippen LogP contribution < -0.4 is 5.32 Å². The number of hydrogen-bond donors (Lipinski definition) is 1. The Labute approximate surface area is 124 Å². The Morgan fingerprint density at radius 2 is 1.85 bits per heavy atom. The van der Waals surface area contributed by atoms with Crippen molar-refractivity contribution in [1.29, 1.82) is 0 Å². The minimum absolute atomic E-state index is 0.624. The van der Waals surface area contributed by atoms with Crippen LogP contribution in [0.4, 0.5) is 0 Å². The quantitative estimate of drug-likeness (QED) is 0.820. The normalized spacial score (nSPS) is 17.8. The van der Waals surface area contributed by atoms with Crippen molar-refractivity contribution in [3.63, 3.8) is 0 Å². The van der Waals surface area contributed by atoms with E-state index in [1.54, 1.807) is 0 Å². The third-order valence-electron chi connectivity index (χ3n) is 4.30. The van der Waals surface area contributed by atoms with E-state index in [0.29, 0.717) is 6.04 Å². The van der Waals surface area contributed by atoms with Crippen molar-refractivity contribution in [3.05, 3.63) is 35.9 Å². The number of nitrogens with one attached hydrogen (secondary N) is 1. The molecule has 0 atom stereocenters. The fraction of sp³-hybridized carbons (Fsp3) is 0.667. The van der Waals surface area contributed by atoms with E-state index in [2.05, 4.69) is 54.4 Å². The molecule has 20 heavy (non-hydrogen) atoms. The van der Waals surface area contributed by atoms with Crippen molar-refractivity contribution < 1.29 is 0 Å². The lowest BCUT2D eigenvalue weighted by atomic mass is 9.96. The first-order valence-electron chi connectivity index (χ1n) is 8.23. The minimum atomic E-state index is 0.624. The van der Waals surface area contributed by atoms with Gasteiger partial charge in [-0.05, 0) is 63.3 Å². The lowest BCUT2D eigenvalue weighted by Gasteiger charge is -2.32. The summed E-state index contributed by atoms with van der Waals surface area (Å²) in [6, 6.07) is 11.5. The van der Waals surface area contributed by atoms with Gasteiger partial charge >= 0.3 is 0 Å². The molecule has 112 valence electrons. The van der Waals surface area contributed by atoms with E-state index in [4.69, 9.17) is 0 Å². The molecule has 1 aliphatic heterocycles. The third-order valence-corrected chi connectivity index (χ3v) is 4.30. The number of nitrogens with zero attached hydrogens (tertiary/aromatic N) is 1. The predicted molar refractivity (Wildman–Crippen MR) is 87.1 cm³/mol. The highest BCUT2D eigenvalue weighted by Crippen LogP contribution is 2.17. The Balaban J connectivity index is 1.58. The van der Waals surface area contributed by atoms with Crippen molar-refractivity contribution in [2.45, 2.75) is 45.6 Å². The molecular formula is C18H30N2. The molecule has 1 aliphatic rings. The Morgan fingerprint density at radius 1 is 1.15 bits per heavy atom. The Kier molecular flexibility index (Phi) is 6.55. The van der Waals surface area contributed by atoms with Crippen molar-refractivity contribution in [2.75, 3.05) is 26.2 Å². The van der Waals surface area contributed by atoms with Crippen LogP contribution in [0.25, 0.3) is 0 Å². The van der Waals surface area contributed by atoms with Crippen molar-refractivity contribution in [1.82, 2.24) is 10.2 Å². The van der Waals surface area contributed by atoms with Gasteiger partial charge in [0.15, 0.2) is 0 Å². The Morgan fingerprint density at radius 3 is 2.50 bits per heavy atom. The van der Waals surface area contributed by atoms with E-state index in [1.807, 2.05) is 0 Å². The lowest BCUT2D eigenvalue weighted by molar-refractivity contribution is 0.179. The molecule has 0 aliphatic carbocycles. The standard InChI is InChI=1S/C18H30N2/c1-16(2)19-15-18-10-13-20(14-11-18)12-6-9-17-7-4-3-5-8-17/h3-5,7-8,16,18-19H,6,9-15H2,1-2H3. The maximum atomic E-state index is 3.58. The topological polar surface area (TPSA) is 15.3 Å². The third kappa shape index (κ3) is 5.64. The molecule has 2 rings (SSSR count). The summed E-state index contributed by atoms with van der Waals surface area (Å²) in [5.41, 5.74) is 1.48. The van der Waals surface area contributed by atoms with Crippen LogP contribution in [0, 0.1) is 5.92 Å². The van der Waals surface area contributed by atoms with E-state index in [9.17, 15) is 0 Å². The fourth-order valence-corrected chi connectivity index (χ4v) is 2.97. The van der Waals surface area contributed by atoms with Gasteiger partial charge in [0, 0.05) is 6.04 Å². The van der Waals surface area contributed by atoms with Gasteiger partial charge < -0.3 is 10.2 Å². The van der Waals surface area contributed by atoms with Gasteiger partial charge in [0.2, 0.25) is 0 Å². The zero-order valence-electron chi connectivity index (χ0n) is 13.1. The van der Waals surface area contributed by atoms with Gasteiger partial charge in [0.25, 0.3) is 0 Å². The minimum Gasteiger partial charge on any atom is -0.314 e. The molecule has 2 nitrogen and oxygen atoms in total. The maximum Gasteiger partial charge on any atom is 0.00104 e. The molecule has 1 fully saturated rings. The van der Waals surface area contributed by atoms with Gasteiger partial charge in [0.05, 0.1) is 0 Å². The molecule has 0 aromatic heterocycles. The summed E-state index contributed by atoms with van der Waals surface area (Å²) >= 11 is 0. The second-order valence-corrected chi connectivity index (χ2v) is 6.44. The smallest absolute Gasteiger partial charge is 0.00104 e. The van der Waals surface area contributed by atoms with Crippen LogP contribution in [0.1, 0.15) is 38.7 Å². The number of piperidine rings is 1. The molecule has 0 spiro atoms. The van der Waals surface area contributed by atoms with E-state index >= 15 is 0 Å². The van der Waals surface area contributed by atoms with Gasteiger partial charge in [-0.15, -0.1) is 0 Å². The molecule has 1 N–H and O–H groups in total. The highest BCUT2D eigenvalue weighted by molar-refractivity contribution is 5.14. The molecule has 0 amide bonds. The van der Waals surface area contributed by atoms with Gasteiger partial charge in [-0.2, -0.15) is 0 Å². The van der Waals surface area contributed by atoms with Crippen molar-refractivity contribution >= 4 is 0 Å². The zero-order valence-corrected chi connectivity index (χ0v) is 13.1. The largest absolute Gasteiger partial charge is 0.314 e. The molecule has 1 aromatic carbocycles. The first-order valence-corrected chi connectivity index (χ1v) is 8.23. The van der Waals surface area contributed by atoms with E-state index < -0.39 is 0 Å². The Hall–Kier alpha value is -0.860. The first-order chi connectivity index (χ1) is 9.74. The van der Waals surface area contributed by atoms with Crippen LogP contribution in [0.5, 0.6) is 0 Å². The predicted octanol–water partition coefficient (Wildman–Crippen LogP) is 3.33. The molecule has 1 heterocycles. The number of benzene rings is 1. The number of likely N-dealkylation sites (tertiary alicyclic amines) is 1. The summed E-state index contributed by atoms with van der Waals surface area (Å²) in [6.45, 7) is 9.52. The molecule has 0 radical (unpaired) electrons. The Bertz CT molecular complexity index is 353. The highest BCUT2D eigenvalue weighted by atomic mass is 15.1. The average Bonchev–Trinajstić information content (AvgIpc) is 2.47. The summed E-state index contributed by atoms with van der Waals surface area (Å²) in [4.78, 5) is 2.65. The van der Waals surface area contributed by atoms with Crippen molar-refractivity contribution in [3.8, 4) is 0 Å². The van der Waals surface area contributed by atoms with Gasteiger partial charge in [-0.3, -0.25) is 0 Å². The molecular weight excluding hydrogens is 244 g/mol. The van der Waals surface area contributed by atoms with Crippen LogP contribution in [0.15, 0.2) is 30.3 Å².